The number of rotatable bonds is 5. The Labute approximate surface area is 110 Å². The minimum absolute atomic E-state index is 0.288. The van der Waals surface area contributed by atoms with Crippen LogP contribution in [0.15, 0.2) is 28.7 Å². The fourth-order valence-corrected chi connectivity index (χ4v) is 2.40. The first-order valence-electron chi connectivity index (χ1n) is 5.83. The maximum atomic E-state index is 11.6. The summed E-state index contributed by atoms with van der Waals surface area (Å²) in [7, 11) is 0. The lowest BCUT2D eigenvalue weighted by molar-refractivity contribution is -0.122. The summed E-state index contributed by atoms with van der Waals surface area (Å²) in [4.78, 5) is 11.6. The van der Waals surface area contributed by atoms with Gasteiger partial charge in [0.05, 0.1) is 0 Å². The molecule has 92 valence electrons. The molecule has 17 heavy (non-hydrogen) atoms. The van der Waals surface area contributed by atoms with Crippen molar-refractivity contribution < 1.29 is 4.79 Å². The van der Waals surface area contributed by atoms with Crippen LogP contribution in [-0.2, 0) is 4.79 Å². The quantitative estimate of drug-likeness (QED) is 0.878. The van der Waals surface area contributed by atoms with Gasteiger partial charge in [-0.1, -0.05) is 34.8 Å². The second-order valence-corrected chi connectivity index (χ2v) is 5.89. The Morgan fingerprint density at radius 2 is 2.29 bits per heavy atom. The van der Waals surface area contributed by atoms with Crippen LogP contribution in [0.25, 0.3) is 0 Å². The summed E-state index contributed by atoms with van der Waals surface area (Å²) in [5, 5.41) is 3.26. The van der Waals surface area contributed by atoms with E-state index in [0.29, 0.717) is 5.92 Å². The second kappa shape index (κ2) is 4.69. The molecule has 1 aromatic carbocycles. The number of carbonyl (C=O) groups is 1. The molecule has 3 nitrogen and oxygen atoms in total. The molecule has 1 fully saturated rings. The maximum absolute atomic E-state index is 11.6. The number of benzene rings is 1. The van der Waals surface area contributed by atoms with Gasteiger partial charge in [0.1, 0.15) is 5.54 Å². The molecule has 3 N–H and O–H groups in total. The van der Waals surface area contributed by atoms with Crippen LogP contribution in [0.2, 0.25) is 0 Å². The molecular formula is C13H17BrN2O. The van der Waals surface area contributed by atoms with E-state index in [9.17, 15) is 4.79 Å². The van der Waals surface area contributed by atoms with Crippen molar-refractivity contribution in [2.75, 3.05) is 5.32 Å². The topological polar surface area (TPSA) is 55.1 Å². The minimum atomic E-state index is -0.651. The number of anilines is 1. The first kappa shape index (κ1) is 12.4. The van der Waals surface area contributed by atoms with Gasteiger partial charge in [-0.05, 0) is 37.5 Å². The van der Waals surface area contributed by atoms with E-state index in [0.717, 1.165) is 16.6 Å². The molecule has 0 bridgehead atoms. The molecule has 1 aliphatic rings. The average molecular weight is 297 g/mol. The van der Waals surface area contributed by atoms with Crippen molar-refractivity contribution in [3.63, 3.8) is 0 Å². The number of primary amides is 1. The van der Waals surface area contributed by atoms with Crippen LogP contribution < -0.4 is 11.1 Å². The van der Waals surface area contributed by atoms with Gasteiger partial charge in [-0.3, -0.25) is 4.79 Å². The predicted octanol–water partition coefficient (Wildman–Crippen LogP) is 2.91. The molecule has 2 rings (SSSR count). The van der Waals surface area contributed by atoms with Gasteiger partial charge >= 0.3 is 0 Å². The molecule has 0 radical (unpaired) electrons. The van der Waals surface area contributed by atoms with Gasteiger partial charge in [0, 0.05) is 10.2 Å². The first-order valence-corrected chi connectivity index (χ1v) is 6.62. The van der Waals surface area contributed by atoms with Crippen LogP contribution in [0.4, 0.5) is 5.69 Å². The molecule has 0 heterocycles. The normalized spacial score (nSPS) is 18.5. The van der Waals surface area contributed by atoms with Crippen LogP contribution in [0.1, 0.15) is 26.2 Å². The Morgan fingerprint density at radius 1 is 1.59 bits per heavy atom. The zero-order valence-corrected chi connectivity index (χ0v) is 11.5. The van der Waals surface area contributed by atoms with Gasteiger partial charge in [0.25, 0.3) is 0 Å². The van der Waals surface area contributed by atoms with Crippen molar-refractivity contribution in [3.8, 4) is 0 Å². The highest BCUT2D eigenvalue weighted by Crippen LogP contribution is 2.38. The first-order chi connectivity index (χ1) is 7.99. The molecule has 1 aliphatic carbocycles. The van der Waals surface area contributed by atoms with Gasteiger partial charge in [0.2, 0.25) is 5.91 Å². The Hall–Kier alpha value is -1.03. The van der Waals surface area contributed by atoms with Crippen LogP contribution in [0.5, 0.6) is 0 Å². The molecule has 0 spiro atoms. The van der Waals surface area contributed by atoms with Crippen molar-refractivity contribution in [2.24, 2.45) is 11.7 Å². The molecule has 0 aromatic heterocycles. The van der Waals surface area contributed by atoms with E-state index in [1.165, 1.54) is 12.8 Å². The predicted molar refractivity (Wildman–Crippen MR) is 72.7 cm³/mol. The van der Waals surface area contributed by atoms with E-state index < -0.39 is 5.54 Å². The average Bonchev–Trinajstić information content (AvgIpc) is 3.01. The van der Waals surface area contributed by atoms with E-state index in [-0.39, 0.29) is 5.91 Å². The summed E-state index contributed by atoms with van der Waals surface area (Å²) in [5.74, 6) is 0.358. The van der Waals surface area contributed by atoms with Crippen LogP contribution >= 0.6 is 15.9 Å². The SMILES string of the molecule is CC(CC1CC1)(Nc1cccc(Br)c1)C(N)=O. The summed E-state index contributed by atoms with van der Waals surface area (Å²) in [6, 6.07) is 7.78. The van der Waals surface area contributed by atoms with Crippen molar-refractivity contribution >= 4 is 27.5 Å². The van der Waals surface area contributed by atoms with Crippen molar-refractivity contribution in [2.45, 2.75) is 31.7 Å². The molecule has 0 aliphatic heterocycles. The van der Waals surface area contributed by atoms with Gasteiger partial charge in [0.15, 0.2) is 0 Å². The molecule has 1 saturated carbocycles. The number of nitrogens with one attached hydrogen (secondary N) is 1. The lowest BCUT2D eigenvalue weighted by Crippen LogP contribution is -2.48. The zero-order valence-electron chi connectivity index (χ0n) is 9.87. The van der Waals surface area contributed by atoms with Gasteiger partial charge in [-0.25, -0.2) is 0 Å². The van der Waals surface area contributed by atoms with E-state index in [1.807, 2.05) is 31.2 Å². The van der Waals surface area contributed by atoms with Gasteiger partial charge < -0.3 is 11.1 Å². The molecule has 4 heteroatoms. The number of carbonyl (C=O) groups excluding carboxylic acids is 1. The monoisotopic (exact) mass is 296 g/mol. The highest BCUT2D eigenvalue weighted by molar-refractivity contribution is 9.10. The van der Waals surface area contributed by atoms with Crippen LogP contribution in [-0.4, -0.2) is 11.4 Å². The molecule has 1 amide bonds. The summed E-state index contributed by atoms with van der Waals surface area (Å²) in [5.41, 5.74) is 5.79. The maximum Gasteiger partial charge on any atom is 0.242 e. The number of nitrogens with two attached hydrogens (primary N) is 1. The van der Waals surface area contributed by atoms with Crippen LogP contribution in [0.3, 0.4) is 0 Å². The molecular weight excluding hydrogens is 280 g/mol. The number of hydrogen-bond donors (Lipinski definition) is 2. The zero-order chi connectivity index (χ0) is 12.5. The minimum Gasteiger partial charge on any atom is -0.371 e. The fourth-order valence-electron chi connectivity index (χ4n) is 2.00. The van der Waals surface area contributed by atoms with Crippen molar-refractivity contribution in [1.29, 1.82) is 0 Å². The Balaban J connectivity index is 2.13. The molecule has 0 saturated heterocycles. The third-order valence-electron chi connectivity index (χ3n) is 3.18. The van der Waals surface area contributed by atoms with Gasteiger partial charge in [-0.15, -0.1) is 0 Å². The third-order valence-corrected chi connectivity index (χ3v) is 3.68. The number of halogens is 1. The van der Waals surface area contributed by atoms with Crippen molar-refractivity contribution in [1.82, 2.24) is 0 Å². The number of hydrogen-bond acceptors (Lipinski definition) is 2. The van der Waals surface area contributed by atoms with E-state index in [4.69, 9.17) is 5.73 Å². The second-order valence-electron chi connectivity index (χ2n) is 4.98. The Bertz CT molecular complexity index is 431. The summed E-state index contributed by atoms with van der Waals surface area (Å²) >= 11 is 3.41. The van der Waals surface area contributed by atoms with E-state index >= 15 is 0 Å². The number of amides is 1. The summed E-state index contributed by atoms with van der Waals surface area (Å²) in [6.07, 6.45) is 3.24. The fraction of sp³-hybridized carbons (Fsp3) is 0.462. The Kier molecular flexibility index (Phi) is 3.43. The molecule has 1 atom stereocenters. The highest BCUT2D eigenvalue weighted by Gasteiger charge is 2.37. The summed E-state index contributed by atoms with van der Waals surface area (Å²) in [6.45, 7) is 1.88. The smallest absolute Gasteiger partial charge is 0.242 e. The molecule has 1 aromatic rings. The molecule has 1 unspecified atom stereocenters. The van der Waals surface area contributed by atoms with E-state index in [2.05, 4.69) is 21.2 Å². The van der Waals surface area contributed by atoms with Gasteiger partial charge in [-0.2, -0.15) is 0 Å². The lowest BCUT2D eigenvalue weighted by atomic mass is 9.93. The lowest BCUT2D eigenvalue weighted by Gasteiger charge is -2.28. The highest BCUT2D eigenvalue weighted by atomic mass is 79.9. The summed E-state index contributed by atoms with van der Waals surface area (Å²) < 4.78 is 0.987. The largest absolute Gasteiger partial charge is 0.371 e. The van der Waals surface area contributed by atoms with Crippen molar-refractivity contribution in [3.05, 3.63) is 28.7 Å². The van der Waals surface area contributed by atoms with E-state index in [1.54, 1.807) is 0 Å². The Morgan fingerprint density at radius 3 is 2.82 bits per heavy atom. The standard InChI is InChI=1S/C13H17BrN2O/c1-13(12(15)17,8-9-5-6-9)16-11-4-2-3-10(14)7-11/h2-4,7,9,16H,5-6,8H2,1H3,(H2,15,17). The third kappa shape index (κ3) is 3.22. The van der Waals surface area contributed by atoms with Crippen LogP contribution in [0, 0.1) is 5.92 Å².